The zero-order valence-corrected chi connectivity index (χ0v) is 9.27. The number of hydrogen-bond donors (Lipinski definition) is 3. The molecule has 5 nitrogen and oxygen atoms in total. The first-order valence-corrected chi connectivity index (χ1v) is 5.50. The molecule has 0 spiro atoms. The van der Waals surface area contributed by atoms with Crippen LogP contribution < -0.4 is 0 Å². The normalized spacial score (nSPS) is 32.9. The van der Waals surface area contributed by atoms with E-state index in [-0.39, 0.29) is 13.2 Å². The van der Waals surface area contributed by atoms with Gasteiger partial charge in [-0.3, -0.25) is 0 Å². The zero-order chi connectivity index (χ0) is 12.3. The Morgan fingerprint density at radius 3 is 2.41 bits per heavy atom. The first kappa shape index (κ1) is 12.5. The lowest BCUT2D eigenvalue weighted by Gasteiger charge is -2.15. The second-order valence-electron chi connectivity index (χ2n) is 4.00. The van der Waals surface area contributed by atoms with Crippen LogP contribution in [0.25, 0.3) is 0 Å². The molecule has 4 atom stereocenters. The second kappa shape index (κ2) is 5.57. The third-order valence-electron chi connectivity index (χ3n) is 2.76. The topological polar surface area (TPSA) is 79.2 Å². The van der Waals surface area contributed by atoms with Crippen LogP contribution in [-0.2, 0) is 16.1 Å². The summed E-state index contributed by atoms with van der Waals surface area (Å²) >= 11 is 0. The van der Waals surface area contributed by atoms with Gasteiger partial charge in [-0.2, -0.15) is 0 Å². The number of aliphatic hydroxyl groups excluding tert-OH is 3. The van der Waals surface area contributed by atoms with Crippen molar-refractivity contribution in [2.75, 3.05) is 6.61 Å². The summed E-state index contributed by atoms with van der Waals surface area (Å²) in [6.45, 7) is -0.0587. The van der Waals surface area contributed by atoms with E-state index < -0.39 is 24.6 Å². The van der Waals surface area contributed by atoms with Crippen LogP contribution in [0.15, 0.2) is 30.3 Å². The summed E-state index contributed by atoms with van der Waals surface area (Å²) < 4.78 is 10.5. The van der Waals surface area contributed by atoms with E-state index in [1.807, 2.05) is 30.3 Å². The molecule has 1 aromatic carbocycles. The number of rotatable bonds is 4. The molecule has 1 unspecified atom stereocenters. The summed E-state index contributed by atoms with van der Waals surface area (Å²) in [7, 11) is 0. The molecule has 5 heteroatoms. The maximum atomic E-state index is 9.63. The van der Waals surface area contributed by atoms with E-state index in [0.717, 1.165) is 5.56 Å². The maximum Gasteiger partial charge on any atom is 0.187 e. The average molecular weight is 240 g/mol. The van der Waals surface area contributed by atoms with Gasteiger partial charge in [0.25, 0.3) is 0 Å². The molecule has 1 saturated heterocycles. The minimum Gasteiger partial charge on any atom is -0.394 e. The van der Waals surface area contributed by atoms with Gasteiger partial charge >= 0.3 is 0 Å². The molecule has 94 valence electrons. The fourth-order valence-corrected chi connectivity index (χ4v) is 1.76. The Morgan fingerprint density at radius 1 is 1.12 bits per heavy atom. The fraction of sp³-hybridized carbons (Fsp3) is 0.500. The Kier molecular flexibility index (Phi) is 4.09. The highest BCUT2D eigenvalue weighted by molar-refractivity contribution is 5.13. The molecule has 1 heterocycles. The monoisotopic (exact) mass is 240 g/mol. The summed E-state index contributed by atoms with van der Waals surface area (Å²) in [5.41, 5.74) is 0.949. The highest BCUT2D eigenvalue weighted by Gasteiger charge is 2.42. The van der Waals surface area contributed by atoms with Gasteiger partial charge in [0.1, 0.15) is 18.3 Å². The van der Waals surface area contributed by atoms with Crippen molar-refractivity contribution in [2.24, 2.45) is 0 Å². The summed E-state index contributed by atoms with van der Waals surface area (Å²) in [6.07, 6.45) is -3.93. The van der Waals surface area contributed by atoms with Gasteiger partial charge in [0, 0.05) is 0 Å². The Morgan fingerprint density at radius 2 is 1.82 bits per heavy atom. The van der Waals surface area contributed by atoms with Gasteiger partial charge in [-0.1, -0.05) is 30.3 Å². The molecule has 0 saturated carbocycles. The highest BCUT2D eigenvalue weighted by atomic mass is 16.7. The smallest absolute Gasteiger partial charge is 0.187 e. The molecule has 0 aliphatic carbocycles. The van der Waals surface area contributed by atoms with Crippen LogP contribution in [0, 0.1) is 0 Å². The summed E-state index contributed by atoms with van der Waals surface area (Å²) in [5.74, 6) is 0. The predicted molar refractivity (Wildman–Crippen MR) is 59.0 cm³/mol. The van der Waals surface area contributed by atoms with Gasteiger partial charge in [0.2, 0.25) is 0 Å². The summed E-state index contributed by atoms with van der Waals surface area (Å²) in [6, 6.07) is 9.45. The Bertz CT molecular complexity index is 342. The summed E-state index contributed by atoms with van der Waals surface area (Å²) in [5, 5.41) is 28.0. The molecule has 0 aromatic heterocycles. The van der Waals surface area contributed by atoms with E-state index in [9.17, 15) is 10.2 Å². The molecule has 3 N–H and O–H groups in total. The van der Waals surface area contributed by atoms with E-state index >= 15 is 0 Å². The SMILES string of the molecule is OC[C@H]1OC(OCc2ccccc2)[C@H](O)[C@@H]1O. The predicted octanol–water partition coefficient (Wildman–Crippen LogP) is -0.358. The van der Waals surface area contributed by atoms with E-state index in [1.54, 1.807) is 0 Å². The maximum absolute atomic E-state index is 9.63. The molecule has 1 aromatic rings. The minimum atomic E-state index is -1.13. The van der Waals surface area contributed by atoms with Gasteiger partial charge in [-0.25, -0.2) is 0 Å². The lowest BCUT2D eigenvalue weighted by atomic mass is 10.1. The molecule has 1 aliphatic rings. The minimum absolute atomic E-state index is 0.285. The third-order valence-corrected chi connectivity index (χ3v) is 2.76. The van der Waals surface area contributed by atoms with Crippen molar-refractivity contribution < 1.29 is 24.8 Å². The van der Waals surface area contributed by atoms with E-state index in [1.165, 1.54) is 0 Å². The molecule has 17 heavy (non-hydrogen) atoms. The lowest BCUT2D eigenvalue weighted by molar-refractivity contribution is -0.175. The number of ether oxygens (including phenoxy) is 2. The quantitative estimate of drug-likeness (QED) is 0.670. The Hall–Kier alpha value is -0.980. The highest BCUT2D eigenvalue weighted by Crippen LogP contribution is 2.22. The number of benzene rings is 1. The molecule has 1 fully saturated rings. The third kappa shape index (κ3) is 2.83. The van der Waals surface area contributed by atoms with Gasteiger partial charge in [0.05, 0.1) is 13.2 Å². The number of hydrogen-bond acceptors (Lipinski definition) is 5. The van der Waals surface area contributed by atoms with Gasteiger partial charge in [-0.15, -0.1) is 0 Å². The van der Waals surface area contributed by atoms with Crippen molar-refractivity contribution in [3.8, 4) is 0 Å². The van der Waals surface area contributed by atoms with Crippen LogP contribution in [-0.4, -0.2) is 46.5 Å². The van der Waals surface area contributed by atoms with Crippen LogP contribution in [0.2, 0.25) is 0 Å². The van der Waals surface area contributed by atoms with E-state index in [0.29, 0.717) is 0 Å². The standard InChI is InChI=1S/C12H16O5/c13-6-9-10(14)11(15)12(17-9)16-7-8-4-2-1-3-5-8/h1-5,9-15H,6-7H2/t9-,10-,11-,12?/m1/s1. The van der Waals surface area contributed by atoms with Crippen molar-refractivity contribution in [3.63, 3.8) is 0 Å². The van der Waals surface area contributed by atoms with Crippen molar-refractivity contribution in [2.45, 2.75) is 31.2 Å². The fourth-order valence-electron chi connectivity index (χ4n) is 1.76. The molecule has 0 radical (unpaired) electrons. The first-order valence-electron chi connectivity index (χ1n) is 5.50. The van der Waals surface area contributed by atoms with E-state index in [4.69, 9.17) is 14.6 Å². The lowest BCUT2D eigenvalue weighted by Crippen LogP contribution is -2.34. The van der Waals surface area contributed by atoms with Gasteiger partial charge in [0.15, 0.2) is 6.29 Å². The molecular formula is C12H16O5. The van der Waals surface area contributed by atoms with Crippen molar-refractivity contribution in [1.29, 1.82) is 0 Å². The van der Waals surface area contributed by atoms with Gasteiger partial charge < -0.3 is 24.8 Å². The van der Waals surface area contributed by atoms with Crippen molar-refractivity contribution >= 4 is 0 Å². The largest absolute Gasteiger partial charge is 0.394 e. The molecule has 2 rings (SSSR count). The van der Waals surface area contributed by atoms with Gasteiger partial charge in [-0.05, 0) is 5.56 Å². The van der Waals surface area contributed by atoms with Crippen LogP contribution in [0.5, 0.6) is 0 Å². The molecule has 1 aliphatic heterocycles. The van der Waals surface area contributed by atoms with Crippen LogP contribution in [0.3, 0.4) is 0 Å². The Labute approximate surface area is 99.2 Å². The molecule has 0 amide bonds. The zero-order valence-electron chi connectivity index (χ0n) is 9.27. The Balaban J connectivity index is 1.88. The first-order chi connectivity index (χ1) is 8.22. The van der Waals surface area contributed by atoms with E-state index in [2.05, 4.69) is 0 Å². The van der Waals surface area contributed by atoms with Crippen molar-refractivity contribution in [3.05, 3.63) is 35.9 Å². The van der Waals surface area contributed by atoms with Crippen molar-refractivity contribution in [1.82, 2.24) is 0 Å². The molecular weight excluding hydrogens is 224 g/mol. The van der Waals surface area contributed by atoms with Crippen LogP contribution in [0.4, 0.5) is 0 Å². The molecule has 0 bridgehead atoms. The summed E-state index contributed by atoms with van der Waals surface area (Å²) in [4.78, 5) is 0. The second-order valence-corrected chi connectivity index (χ2v) is 4.00. The van der Waals surface area contributed by atoms with Crippen LogP contribution >= 0.6 is 0 Å². The van der Waals surface area contributed by atoms with Crippen LogP contribution in [0.1, 0.15) is 5.56 Å². The average Bonchev–Trinajstić information content (AvgIpc) is 2.65. The number of aliphatic hydroxyl groups is 3.